The minimum atomic E-state index is -0.350. The lowest BCUT2D eigenvalue weighted by Crippen LogP contribution is -2.59. The van der Waals surface area contributed by atoms with Gasteiger partial charge in [-0.2, -0.15) is 11.8 Å². The molecule has 1 amide bonds. The fraction of sp³-hybridized carbons (Fsp3) is 0.941. The molecule has 2 aliphatic heterocycles. The maximum Gasteiger partial charge on any atom is 0.225 e. The van der Waals surface area contributed by atoms with Crippen molar-refractivity contribution in [2.24, 2.45) is 0 Å². The predicted molar refractivity (Wildman–Crippen MR) is 92.6 cm³/mol. The Bertz CT molecular complexity index is 376. The minimum Gasteiger partial charge on any atom is -0.354 e. The van der Waals surface area contributed by atoms with Crippen LogP contribution in [0.2, 0.25) is 0 Å². The van der Waals surface area contributed by atoms with E-state index in [2.05, 4.69) is 10.2 Å². The molecule has 2 saturated heterocycles. The highest BCUT2D eigenvalue weighted by molar-refractivity contribution is 7.99. The van der Waals surface area contributed by atoms with Crippen LogP contribution in [0, 0.1) is 0 Å². The summed E-state index contributed by atoms with van der Waals surface area (Å²) in [7, 11) is 0. The molecule has 3 rings (SSSR count). The zero-order chi connectivity index (χ0) is 16.0. The van der Waals surface area contributed by atoms with Gasteiger partial charge in [-0.3, -0.25) is 9.69 Å². The molecule has 1 N–H and O–H groups in total. The summed E-state index contributed by atoms with van der Waals surface area (Å²) in [5.74, 6) is 2.51. The van der Waals surface area contributed by atoms with Gasteiger partial charge in [0.15, 0.2) is 6.29 Å². The second-order valence-electron chi connectivity index (χ2n) is 6.89. The fourth-order valence-electron chi connectivity index (χ4n) is 3.99. The van der Waals surface area contributed by atoms with Crippen LogP contribution in [0.15, 0.2) is 0 Å². The second-order valence-corrected chi connectivity index (χ2v) is 8.11. The van der Waals surface area contributed by atoms with E-state index in [1.54, 1.807) is 0 Å². The van der Waals surface area contributed by atoms with Crippen molar-refractivity contribution in [2.75, 3.05) is 44.4 Å². The molecule has 0 aromatic carbocycles. The molecule has 0 unspecified atom stereocenters. The van der Waals surface area contributed by atoms with Gasteiger partial charge in [0.05, 0.1) is 19.6 Å². The topological polar surface area (TPSA) is 50.8 Å². The largest absolute Gasteiger partial charge is 0.354 e. The third kappa shape index (κ3) is 4.84. The van der Waals surface area contributed by atoms with Crippen LogP contribution in [0.4, 0.5) is 0 Å². The maximum atomic E-state index is 12.3. The van der Waals surface area contributed by atoms with Crippen LogP contribution >= 0.6 is 11.8 Å². The minimum absolute atomic E-state index is 0.0632. The zero-order valence-corrected chi connectivity index (χ0v) is 14.9. The molecular weight excluding hydrogens is 312 g/mol. The first-order chi connectivity index (χ1) is 11.3. The standard InChI is InChI=1S/C17H30N2O3S/c20-15(13-16-21-9-4-10-22-16)18-14-17(5-2-1-3-6-17)19-7-11-23-12-8-19/h16H,1-14H2,(H,18,20). The fourth-order valence-corrected chi connectivity index (χ4v) is 4.90. The number of carbonyl (C=O) groups is 1. The van der Waals surface area contributed by atoms with Gasteiger partial charge >= 0.3 is 0 Å². The lowest BCUT2D eigenvalue weighted by molar-refractivity contribution is -0.184. The number of thioether (sulfide) groups is 1. The molecule has 6 heteroatoms. The molecule has 5 nitrogen and oxygen atoms in total. The first-order valence-corrected chi connectivity index (χ1v) is 10.3. The molecule has 132 valence electrons. The van der Waals surface area contributed by atoms with Crippen molar-refractivity contribution in [3.63, 3.8) is 0 Å². The van der Waals surface area contributed by atoms with Gasteiger partial charge in [0.1, 0.15) is 0 Å². The van der Waals surface area contributed by atoms with Gasteiger partial charge in [0.25, 0.3) is 0 Å². The first kappa shape index (κ1) is 17.5. The summed E-state index contributed by atoms with van der Waals surface area (Å²) in [6.45, 7) is 4.51. The lowest BCUT2D eigenvalue weighted by atomic mass is 9.80. The van der Waals surface area contributed by atoms with Gasteiger partial charge in [-0.25, -0.2) is 0 Å². The van der Waals surface area contributed by atoms with Crippen LogP contribution in [0.1, 0.15) is 44.9 Å². The number of amides is 1. The van der Waals surface area contributed by atoms with E-state index in [1.807, 2.05) is 11.8 Å². The molecule has 3 fully saturated rings. The summed E-state index contributed by atoms with van der Waals surface area (Å²) in [4.78, 5) is 14.9. The van der Waals surface area contributed by atoms with Crippen LogP contribution in [0.25, 0.3) is 0 Å². The Morgan fingerprint density at radius 1 is 1.09 bits per heavy atom. The number of hydrogen-bond acceptors (Lipinski definition) is 5. The molecule has 0 spiro atoms. The van der Waals surface area contributed by atoms with Crippen LogP contribution in [0.5, 0.6) is 0 Å². The predicted octanol–water partition coefficient (Wildman–Crippen LogP) is 2.01. The lowest BCUT2D eigenvalue weighted by Gasteiger charge is -2.48. The first-order valence-electron chi connectivity index (χ1n) is 9.11. The number of nitrogens with zero attached hydrogens (tertiary/aromatic N) is 1. The van der Waals surface area contributed by atoms with E-state index in [1.165, 1.54) is 43.6 Å². The van der Waals surface area contributed by atoms with Crippen LogP contribution in [-0.2, 0) is 14.3 Å². The van der Waals surface area contributed by atoms with Gasteiger partial charge in [-0.15, -0.1) is 0 Å². The molecule has 0 bridgehead atoms. The summed E-state index contributed by atoms with van der Waals surface area (Å²) in [6.07, 6.45) is 7.24. The van der Waals surface area contributed by atoms with Crippen LogP contribution in [0.3, 0.4) is 0 Å². The number of rotatable bonds is 5. The monoisotopic (exact) mass is 342 g/mol. The van der Waals surface area contributed by atoms with Crippen molar-refractivity contribution in [1.82, 2.24) is 10.2 Å². The molecule has 23 heavy (non-hydrogen) atoms. The second kappa shape index (κ2) is 8.70. The van der Waals surface area contributed by atoms with Gasteiger partial charge in [0.2, 0.25) is 5.91 Å². The average molecular weight is 343 g/mol. The molecule has 0 radical (unpaired) electrons. The highest BCUT2D eigenvalue weighted by Gasteiger charge is 2.38. The summed E-state index contributed by atoms with van der Waals surface area (Å²) in [6, 6.07) is 0. The Kier molecular flexibility index (Phi) is 6.62. The normalized spacial score (nSPS) is 26.8. The number of nitrogens with one attached hydrogen (secondary N) is 1. The van der Waals surface area contributed by atoms with E-state index in [0.29, 0.717) is 19.6 Å². The van der Waals surface area contributed by atoms with E-state index >= 15 is 0 Å². The Labute approximate surface area is 143 Å². The quantitative estimate of drug-likeness (QED) is 0.828. The summed E-state index contributed by atoms with van der Waals surface area (Å²) in [5, 5.41) is 3.19. The van der Waals surface area contributed by atoms with E-state index in [-0.39, 0.29) is 17.7 Å². The van der Waals surface area contributed by atoms with Crippen LogP contribution < -0.4 is 5.32 Å². The van der Waals surface area contributed by atoms with Crippen molar-refractivity contribution >= 4 is 17.7 Å². The van der Waals surface area contributed by atoms with E-state index in [0.717, 1.165) is 26.1 Å². The highest BCUT2D eigenvalue weighted by Crippen LogP contribution is 2.34. The van der Waals surface area contributed by atoms with Crippen molar-refractivity contribution in [1.29, 1.82) is 0 Å². The molecule has 0 aromatic heterocycles. The maximum absolute atomic E-state index is 12.3. The molecule has 3 aliphatic rings. The van der Waals surface area contributed by atoms with Gasteiger partial charge in [0, 0.05) is 36.7 Å². The SMILES string of the molecule is O=C(CC1OCCCO1)NCC1(N2CCSCC2)CCCCC1. The summed E-state index contributed by atoms with van der Waals surface area (Å²) in [5.41, 5.74) is 0.184. The molecule has 1 aliphatic carbocycles. The van der Waals surface area contributed by atoms with Crippen molar-refractivity contribution in [2.45, 2.75) is 56.8 Å². The number of carbonyl (C=O) groups excluding carboxylic acids is 1. The Hall–Kier alpha value is -0.300. The number of hydrogen-bond donors (Lipinski definition) is 1. The van der Waals surface area contributed by atoms with Crippen molar-refractivity contribution in [3.05, 3.63) is 0 Å². The van der Waals surface area contributed by atoms with E-state index in [4.69, 9.17) is 9.47 Å². The zero-order valence-electron chi connectivity index (χ0n) is 14.1. The van der Waals surface area contributed by atoms with Crippen molar-refractivity contribution < 1.29 is 14.3 Å². The molecule has 2 heterocycles. The molecular formula is C17H30N2O3S. The Morgan fingerprint density at radius 2 is 1.78 bits per heavy atom. The molecule has 1 saturated carbocycles. The molecule has 0 aromatic rings. The Balaban J connectivity index is 1.52. The highest BCUT2D eigenvalue weighted by atomic mass is 32.2. The third-order valence-corrected chi connectivity index (χ3v) is 6.27. The van der Waals surface area contributed by atoms with Gasteiger partial charge < -0.3 is 14.8 Å². The smallest absolute Gasteiger partial charge is 0.225 e. The average Bonchev–Trinajstić information content (AvgIpc) is 2.62. The summed E-state index contributed by atoms with van der Waals surface area (Å²) >= 11 is 2.05. The summed E-state index contributed by atoms with van der Waals surface area (Å²) < 4.78 is 11.0. The third-order valence-electron chi connectivity index (χ3n) is 5.33. The van der Waals surface area contributed by atoms with E-state index < -0.39 is 0 Å². The van der Waals surface area contributed by atoms with Crippen LogP contribution in [-0.4, -0.2) is 67.0 Å². The van der Waals surface area contributed by atoms with E-state index in [9.17, 15) is 4.79 Å². The number of ether oxygens (including phenoxy) is 2. The molecule has 0 atom stereocenters. The van der Waals surface area contributed by atoms with Gasteiger partial charge in [-0.1, -0.05) is 19.3 Å². The van der Waals surface area contributed by atoms with Gasteiger partial charge in [-0.05, 0) is 19.3 Å². The van der Waals surface area contributed by atoms with Crippen molar-refractivity contribution in [3.8, 4) is 0 Å². The Morgan fingerprint density at radius 3 is 2.48 bits per heavy atom.